The Morgan fingerprint density at radius 1 is 1.39 bits per heavy atom. The number of hydrogen-bond donors (Lipinski definition) is 2. The van der Waals surface area contributed by atoms with E-state index >= 15 is 0 Å². The van der Waals surface area contributed by atoms with Crippen LogP contribution in [0.1, 0.15) is 13.3 Å². The molecule has 0 aliphatic heterocycles. The first-order chi connectivity index (χ1) is 8.68. The van der Waals surface area contributed by atoms with Gasteiger partial charge in [-0.25, -0.2) is 0 Å². The molecule has 1 aromatic carbocycles. The van der Waals surface area contributed by atoms with Crippen LogP contribution in [0.4, 0.5) is 0 Å². The predicted octanol–water partition coefficient (Wildman–Crippen LogP) is 1.53. The first-order valence-corrected chi connectivity index (χ1v) is 6.18. The van der Waals surface area contributed by atoms with E-state index in [1.807, 2.05) is 12.1 Å². The number of rotatable bonds is 5. The van der Waals surface area contributed by atoms with Gasteiger partial charge in [0.25, 0.3) is 0 Å². The van der Waals surface area contributed by atoms with Crippen LogP contribution in [0.5, 0.6) is 0 Å². The van der Waals surface area contributed by atoms with E-state index < -0.39 is 6.10 Å². The second-order valence-corrected chi connectivity index (χ2v) is 4.39. The number of nitrogens with zero attached hydrogens (tertiary/aromatic N) is 1. The van der Waals surface area contributed by atoms with Crippen molar-refractivity contribution in [2.45, 2.75) is 26.0 Å². The van der Waals surface area contributed by atoms with Crippen LogP contribution in [-0.4, -0.2) is 28.2 Å². The van der Waals surface area contributed by atoms with Crippen molar-refractivity contribution < 1.29 is 9.90 Å². The maximum Gasteiger partial charge on any atom is 0.248 e. The van der Waals surface area contributed by atoms with Crippen molar-refractivity contribution >= 4 is 16.8 Å². The van der Waals surface area contributed by atoms with Crippen LogP contribution in [-0.2, 0) is 11.3 Å². The Morgan fingerprint density at radius 2 is 2.17 bits per heavy atom. The van der Waals surface area contributed by atoms with Gasteiger partial charge >= 0.3 is 0 Å². The summed E-state index contributed by atoms with van der Waals surface area (Å²) in [5.74, 6) is -0.313. The van der Waals surface area contributed by atoms with Gasteiger partial charge in [-0.2, -0.15) is 0 Å². The van der Waals surface area contributed by atoms with Crippen LogP contribution in [0.3, 0.4) is 0 Å². The molecule has 2 aromatic rings. The summed E-state index contributed by atoms with van der Waals surface area (Å²) in [6.45, 7) is 2.90. The highest BCUT2D eigenvalue weighted by Crippen LogP contribution is 2.15. The predicted molar refractivity (Wildman–Crippen MR) is 71.2 cm³/mol. The minimum absolute atomic E-state index is 0.313. The van der Waals surface area contributed by atoms with Gasteiger partial charge in [-0.15, -0.1) is 0 Å². The van der Waals surface area contributed by atoms with Crippen LogP contribution in [0.25, 0.3) is 10.9 Å². The van der Waals surface area contributed by atoms with Gasteiger partial charge in [0.1, 0.15) is 6.10 Å². The lowest BCUT2D eigenvalue weighted by atomic mass is 10.2. The van der Waals surface area contributed by atoms with Crippen LogP contribution in [0.2, 0.25) is 0 Å². The number of amides is 1. The Bertz CT molecular complexity index is 531. The van der Waals surface area contributed by atoms with Crippen molar-refractivity contribution in [3.8, 4) is 0 Å². The summed E-state index contributed by atoms with van der Waals surface area (Å²) in [4.78, 5) is 11.1. The molecule has 0 aliphatic carbocycles. The fraction of sp³-hybridized carbons (Fsp3) is 0.357. The lowest BCUT2D eigenvalue weighted by Crippen LogP contribution is -2.33. The molecule has 1 aromatic heterocycles. The molecule has 18 heavy (non-hydrogen) atoms. The minimum Gasteiger partial charge on any atom is -0.384 e. The second kappa shape index (κ2) is 5.69. The number of aliphatic hydroxyl groups excluding tert-OH is 1. The molecule has 4 nitrogen and oxygen atoms in total. The normalized spacial score (nSPS) is 12.6. The van der Waals surface area contributed by atoms with Gasteiger partial charge in [0.2, 0.25) is 5.91 Å². The van der Waals surface area contributed by atoms with Crippen molar-refractivity contribution in [1.82, 2.24) is 9.88 Å². The number of hydrogen-bond acceptors (Lipinski definition) is 2. The van der Waals surface area contributed by atoms with Crippen LogP contribution < -0.4 is 5.32 Å². The van der Waals surface area contributed by atoms with Gasteiger partial charge in [-0.3, -0.25) is 4.79 Å². The van der Waals surface area contributed by atoms with Gasteiger partial charge in [-0.1, -0.05) is 18.2 Å². The van der Waals surface area contributed by atoms with E-state index in [1.54, 1.807) is 0 Å². The number of carbonyl (C=O) groups excluding carboxylic acids is 1. The smallest absolute Gasteiger partial charge is 0.248 e. The van der Waals surface area contributed by atoms with Gasteiger partial charge in [0.15, 0.2) is 0 Å². The van der Waals surface area contributed by atoms with Gasteiger partial charge in [0.05, 0.1) is 0 Å². The molecule has 4 heteroatoms. The summed E-state index contributed by atoms with van der Waals surface area (Å²) >= 11 is 0. The van der Waals surface area contributed by atoms with Crippen molar-refractivity contribution in [3.05, 3.63) is 36.5 Å². The third-order valence-electron chi connectivity index (χ3n) is 2.93. The number of fused-ring (bicyclic) bond motifs is 1. The highest BCUT2D eigenvalue weighted by molar-refractivity contribution is 5.80. The third-order valence-corrected chi connectivity index (χ3v) is 2.93. The maximum atomic E-state index is 11.1. The van der Waals surface area contributed by atoms with E-state index in [0.717, 1.165) is 13.0 Å². The lowest BCUT2D eigenvalue weighted by Gasteiger charge is -2.08. The zero-order valence-electron chi connectivity index (χ0n) is 10.5. The van der Waals surface area contributed by atoms with Crippen LogP contribution in [0.15, 0.2) is 36.5 Å². The van der Waals surface area contributed by atoms with E-state index in [0.29, 0.717) is 6.54 Å². The van der Waals surface area contributed by atoms with Crippen molar-refractivity contribution in [2.75, 3.05) is 6.54 Å². The van der Waals surface area contributed by atoms with Gasteiger partial charge in [-0.05, 0) is 30.9 Å². The molecule has 1 atom stereocenters. The number of nitrogens with one attached hydrogen (secondary N) is 1. The molecule has 0 spiro atoms. The quantitative estimate of drug-likeness (QED) is 0.786. The van der Waals surface area contributed by atoms with Crippen molar-refractivity contribution in [3.63, 3.8) is 0 Å². The first-order valence-electron chi connectivity index (χ1n) is 6.18. The highest BCUT2D eigenvalue weighted by Gasteiger charge is 2.06. The molecule has 0 bridgehead atoms. The average Bonchev–Trinajstić information content (AvgIpc) is 2.77. The molecule has 0 saturated carbocycles. The summed E-state index contributed by atoms with van der Waals surface area (Å²) in [7, 11) is 0. The highest BCUT2D eigenvalue weighted by atomic mass is 16.3. The molecule has 0 saturated heterocycles. The number of aliphatic hydroxyl groups is 1. The largest absolute Gasteiger partial charge is 0.384 e. The molecule has 2 rings (SSSR count). The zero-order valence-corrected chi connectivity index (χ0v) is 10.5. The van der Waals surface area contributed by atoms with Crippen molar-refractivity contribution in [2.24, 2.45) is 0 Å². The average molecular weight is 246 g/mol. The lowest BCUT2D eigenvalue weighted by molar-refractivity contribution is -0.128. The Hall–Kier alpha value is -1.81. The molecular weight excluding hydrogens is 228 g/mol. The molecule has 1 heterocycles. The van der Waals surface area contributed by atoms with Crippen molar-refractivity contribution in [1.29, 1.82) is 0 Å². The van der Waals surface area contributed by atoms with Gasteiger partial charge < -0.3 is 15.0 Å². The first kappa shape index (κ1) is 12.6. The molecule has 1 unspecified atom stereocenters. The van der Waals surface area contributed by atoms with E-state index in [1.165, 1.54) is 17.8 Å². The van der Waals surface area contributed by atoms with E-state index in [4.69, 9.17) is 5.11 Å². The Morgan fingerprint density at radius 3 is 2.94 bits per heavy atom. The SMILES string of the molecule is CC(O)C(=O)NCCCn1ccc2ccccc21. The fourth-order valence-corrected chi connectivity index (χ4v) is 1.94. The summed E-state index contributed by atoms with van der Waals surface area (Å²) < 4.78 is 2.17. The Kier molecular flexibility index (Phi) is 3.99. The summed E-state index contributed by atoms with van der Waals surface area (Å²) in [6, 6.07) is 10.3. The van der Waals surface area contributed by atoms with E-state index in [-0.39, 0.29) is 5.91 Å². The Balaban J connectivity index is 1.85. The van der Waals surface area contributed by atoms with Gasteiger partial charge in [0, 0.05) is 24.8 Å². The zero-order chi connectivity index (χ0) is 13.0. The number of para-hydroxylation sites is 1. The maximum absolute atomic E-state index is 11.1. The topological polar surface area (TPSA) is 54.3 Å². The number of benzene rings is 1. The molecule has 0 radical (unpaired) electrons. The molecular formula is C14H18N2O2. The number of aromatic nitrogens is 1. The van der Waals surface area contributed by atoms with Crippen LogP contribution >= 0.6 is 0 Å². The summed E-state index contributed by atoms with van der Waals surface area (Å²) in [6.07, 6.45) is 1.97. The number of carbonyl (C=O) groups is 1. The molecule has 2 N–H and O–H groups in total. The minimum atomic E-state index is -0.933. The monoisotopic (exact) mass is 246 g/mol. The number of aryl methyl sites for hydroxylation is 1. The molecule has 0 aliphatic rings. The standard InChI is InChI=1S/C14H18N2O2/c1-11(17)14(18)15-8-4-9-16-10-7-12-5-2-3-6-13(12)16/h2-3,5-7,10-11,17H,4,8-9H2,1H3,(H,15,18). The summed E-state index contributed by atoms with van der Waals surface area (Å²) in [5.41, 5.74) is 1.21. The Labute approximate surface area is 106 Å². The fourth-order valence-electron chi connectivity index (χ4n) is 1.94. The third kappa shape index (κ3) is 2.90. The van der Waals surface area contributed by atoms with Crippen LogP contribution in [0, 0.1) is 0 Å². The summed E-state index contributed by atoms with van der Waals surface area (Å²) in [5, 5.41) is 12.9. The van der Waals surface area contributed by atoms with E-state index in [2.05, 4.69) is 34.3 Å². The van der Waals surface area contributed by atoms with E-state index in [9.17, 15) is 4.79 Å². The molecule has 96 valence electrons. The molecule has 0 fully saturated rings. The molecule has 1 amide bonds. The second-order valence-electron chi connectivity index (χ2n) is 4.39.